The van der Waals surface area contributed by atoms with E-state index >= 15 is 0 Å². The average Bonchev–Trinajstić information content (AvgIpc) is 3.01. The lowest BCUT2D eigenvalue weighted by Crippen LogP contribution is -2.49. The molecule has 0 aliphatic carbocycles. The van der Waals surface area contributed by atoms with E-state index in [4.69, 9.17) is 0 Å². The molecule has 1 unspecified atom stereocenters. The van der Waals surface area contributed by atoms with Crippen LogP contribution in [-0.2, 0) is 0 Å². The third-order valence-electron chi connectivity index (χ3n) is 4.06. The van der Waals surface area contributed by atoms with Gasteiger partial charge in [0.2, 0.25) is 5.82 Å². The number of amides is 1. The smallest absolute Gasteiger partial charge is 0.291 e. The van der Waals surface area contributed by atoms with Crippen LogP contribution in [0.25, 0.3) is 0 Å². The van der Waals surface area contributed by atoms with Crippen LogP contribution in [0.15, 0.2) is 18.0 Å². The van der Waals surface area contributed by atoms with Gasteiger partial charge in [-0.15, -0.1) is 0 Å². The standard InChI is InChI=1S/C16H27N5O/c1-13(2)5-4-6-14(3)11-20-7-9-21(10-8-20)16(22)15-17-12-18-19-15/h5,12,14H,4,6-11H2,1-3H3,(H,17,18,19). The summed E-state index contributed by atoms with van der Waals surface area (Å²) in [7, 11) is 0. The van der Waals surface area contributed by atoms with Crippen LogP contribution in [0.4, 0.5) is 0 Å². The fraction of sp³-hybridized carbons (Fsp3) is 0.688. The molecule has 6 heteroatoms. The van der Waals surface area contributed by atoms with Crippen LogP contribution < -0.4 is 0 Å². The summed E-state index contributed by atoms with van der Waals surface area (Å²) in [5, 5.41) is 6.37. The van der Waals surface area contributed by atoms with Crippen molar-refractivity contribution in [1.82, 2.24) is 25.0 Å². The van der Waals surface area contributed by atoms with Gasteiger partial charge in [0, 0.05) is 32.7 Å². The molecular weight excluding hydrogens is 278 g/mol. The number of carbonyl (C=O) groups excluding carboxylic acids is 1. The molecule has 1 aromatic heterocycles. The van der Waals surface area contributed by atoms with E-state index < -0.39 is 0 Å². The van der Waals surface area contributed by atoms with Gasteiger partial charge in [0.1, 0.15) is 6.33 Å². The van der Waals surface area contributed by atoms with Crippen molar-refractivity contribution >= 4 is 5.91 Å². The van der Waals surface area contributed by atoms with E-state index in [0.717, 1.165) is 39.1 Å². The van der Waals surface area contributed by atoms with Crippen molar-refractivity contribution < 1.29 is 4.79 Å². The maximum atomic E-state index is 12.2. The molecule has 1 fully saturated rings. The van der Waals surface area contributed by atoms with Crippen molar-refractivity contribution in [2.75, 3.05) is 32.7 Å². The molecule has 1 saturated heterocycles. The summed E-state index contributed by atoms with van der Waals surface area (Å²) in [5.41, 5.74) is 1.40. The SMILES string of the molecule is CC(C)=CCCC(C)CN1CCN(C(=O)c2ncn[nH]2)CC1. The molecule has 0 saturated carbocycles. The Labute approximate surface area is 132 Å². The van der Waals surface area contributed by atoms with Gasteiger partial charge < -0.3 is 4.90 Å². The molecule has 2 heterocycles. The Balaban J connectivity index is 1.71. The second-order valence-electron chi connectivity index (χ2n) is 6.39. The first-order valence-corrected chi connectivity index (χ1v) is 8.06. The summed E-state index contributed by atoms with van der Waals surface area (Å²) >= 11 is 0. The van der Waals surface area contributed by atoms with E-state index in [1.165, 1.54) is 18.3 Å². The van der Waals surface area contributed by atoms with Crippen LogP contribution >= 0.6 is 0 Å². The van der Waals surface area contributed by atoms with E-state index in [9.17, 15) is 4.79 Å². The zero-order valence-corrected chi connectivity index (χ0v) is 13.9. The average molecular weight is 305 g/mol. The molecule has 22 heavy (non-hydrogen) atoms. The first-order chi connectivity index (χ1) is 10.6. The quantitative estimate of drug-likeness (QED) is 0.816. The van der Waals surface area contributed by atoms with Crippen molar-refractivity contribution in [1.29, 1.82) is 0 Å². The molecule has 1 aliphatic rings. The fourth-order valence-electron chi connectivity index (χ4n) is 2.78. The first-order valence-electron chi connectivity index (χ1n) is 8.06. The molecule has 0 bridgehead atoms. The minimum atomic E-state index is -0.0474. The minimum Gasteiger partial charge on any atom is -0.333 e. The Morgan fingerprint density at radius 1 is 1.36 bits per heavy atom. The molecule has 0 aromatic carbocycles. The highest BCUT2D eigenvalue weighted by Gasteiger charge is 2.24. The zero-order valence-electron chi connectivity index (χ0n) is 13.9. The summed E-state index contributed by atoms with van der Waals surface area (Å²) in [5.74, 6) is 0.976. The number of rotatable bonds is 6. The van der Waals surface area contributed by atoms with Gasteiger partial charge in [-0.3, -0.25) is 14.8 Å². The minimum absolute atomic E-state index is 0.0474. The highest BCUT2D eigenvalue weighted by Crippen LogP contribution is 2.12. The maximum Gasteiger partial charge on any atom is 0.291 e. The van der Waals surface area contributed by atoms with E-state index in [-0.39, 0.29) is 5.91 Å². The van der Waals surface area contributed by atoms with Crippen molar-refractivity contribution in [2.24, 2.45) is 5.92 Å². The van der Waals surface area contributed by atoms with E-state index in [1.807, 2.05) is 4.90 Å². The predicted molar refractivity (Wildman–Crippen MR) is 86.6 cm³/mol. The Kier molecular flexibility index (Phi) is 6.12. The van der Waals surface area contributed by atoms with Crippen molar-refractivity contribution in [3.63, 3.8) is 0 Å². The molecule has 1 aromatic rings. The Morgan fingerprint density at radius 2 is 2.09 bits per heavy atom. The summed E-state index contributed by atoms with van der Waals surface area (Å²) in [4.78, 5) is 20.4. The van der Waals surface area contributed by atoms with Crippen LogP contribution in [0, 0.1) is 5.92 Å². The lowest BCUT2D eigenvalue weighted by molar-refractivity contribution is 0.0607. The first kappa shape index (κ1) is 16.7. The van der Waals surface area contributed by atoms with E-state index in [0.29, 0.717) is 11.7 Å². The number of nitrogens with one attached hydrogen (secondary N) is 1. The van der Waals surface area contributed by atoms with Crippen LogP contribution in [0.5, 0.6) is 0 Å². The Hall–Kier alpha value is -1.69. The number of nitrogens with zero attached hydrogens (tertiary/aromatic N) is 4. The number of aromatic amines is 1. The summed E-state index contributed by atoms with van der Waals surface area (Å²) < 4.78 is 0. The zero-order chi connectivity index (χ0) is 15.9. The summed E-state index contributed by atoms with van der Waals surface area (Å²) in [6.45, 7) is 11.1. The Morgan fingerprint density at radius 3 is 2.68 bits per heavy atom. The molecule has 1 amide bonds. The van der Waals surface area contributed by atoms with E-state index in [1.54, 1.807) is 0 Å². The number of hydrogen-bond acceptors (Lipinski definition) is 4. The molecule has 122 valence electrons. The highest BCUT2D eigenvalue weighted by atomic mass is 16.2. The molecular formula is C16H27N5O. The number of hydrogen-bond donors (Lipinski definition) is 1. The molecule has 2 rings (SSSR count). The van der Waals surface area contributed by atoms with Gasteiger partial charge in [-0.1, -0.05) is 18.6 Å². The van der Waals surface area contributed by atoms with Crippen LogP contribution in [0.1, 0.15) is 44.2 Å². The molecule has 0 radical (unpaired) electrons. The van der Waals surface area contributed by atoms with Gasteiger partial charge in [-0.25, -0.2) is 4.98 Å². The van der Waals surface area contributed by atoms with Crippen LogP contribution in [-0.4, -0.2) is 63.6 Å². The molecule has 0 spiro atoms. The number of piperazine rings is 1. The molecule has 1 aliphatic heterocycles. The van der Waals surface area contributed by atoms with Crippen molar-refractivity contribution in [3.05, 3.63) is 23.8 Å². The Bertz CT molecular complexity index is 485. The van der Waals surface area contributed by atoms with Gasteiger partial charge in [0.25, 0.3) is 5.91 Å². The van der Waals surface area contributed by atoms with Gasteiger partial charge in [-0.2, -0.15) is 5.10 Å². The number of H-pyrrole nitrogens is 1. The summed E-state index contributed by atoms with van der Waals surface area (Å²) in [6.07, 6.45) is 6.07. The number of aromatic nitrogens is 3. The number of allylic oxidation sites excluding steroid dienone is 2. The monoisotopic (exact) mass is 305 g/mol. The van der Waals surface area contributed by atoms with Gasteiger partial charge in [-0.05, 0) is 32.6 Å². The second kappa shape index (κ2) is 8.08. The van der Waals surface area contributed by atoms with Gasteiger partial charge in [0.05, 0.1) is 0 Å². The predicted octanol–water partition coefficient (Wildman–Crippen LogP) is 1.94. The molecule has 1 N–H and O–H groups in total. The normalized spacial score (nSPS) is 17.3. The van der Waals surface area contributed by atoms with E-state index in [2.05, 4.69) is 46.9 Å². The second-order valence-corrected chi connectivity index (χ2v) is 6.39. The lowest BCUT2D eigenvalue weighted by Gasteiger charge is -2.35. The van der Waals surface area contributed by atoms with Gasteiger partial charge in [0.15, 0.2) is 0 Å². The van der Waals surface area contributed by atoms with Crippen LogP contribution in [0.3, 0.4) is 0 Å². The lowest BCUT2D eigenvalue weighted by atomic mass is 10.0. The van der Waals surface area contributed by atoms with Crippen LogP contribution in [0.2, 0.25) is 0 Å². The summed E-state index contributed by atoms with van der Waals surface area (Å²) in [6, 6.07) is 0. The largest absolute Gasteiger partial charge is 0.333 e. The highest BCUT2D eigenvalue weighted by molar-refractivity contribution is 5.90. The van der Waals surface area contributed by atoms with Gasteiger partial charge >= 0.3 is 0 Å². The van der Waals surface area contributed by atoms with Crippen molar-refractivity contribution in [2.45, 2.75) is 33.6 Å². The number of carbonyl (C=O) groups is 1. The molecule has 6 nitrogen and oxygen atoms in total. The van der Waals surface area contributed by atoms with Crippen molar-refractivity contribution in [3.8, 4) is 0 Å². The third-order valence-corrected chi connectivity index (χ3v) is 4.06. The fourth-order valence-corrected chi connectivity index (χ4v) is 2.78. The molecule has 1 atom stereocenters. The maximum absolute atomic E-state index is 12.2. The third kappa shape index (κ3) is 4.94. The topological polar surface area (TPSA) is 65.1 Å².